The van der Waals surface area contributed by atoms with Crippen LogP contribution in [0.15, 0.2) is 90.2 Å². The first-order valence-corrected chi connectivity index (χ1v) is 18.4. The summed E-state index contributed by atoms with van der Waals surface area (Å²) in [5.41, 5.74) is 5.77. The predicted molar refractivity (Wildman–Crippen MR) is 215 cm³/mol. The highest BCUT2D eigenvalue weighted by Gasteiger charge is 2.21. The Kier molecular flexibility index (Phi) is 16.4. The number of aromatic hydroxyl groups is 2. The summed E-state index contributed by atoms with van der Waals surface area (Å²) in [6, 6.07) is 21.6. The van der Waals surface area contributed by atoms with E-state index in [2.05, 4.69) is 27.8 Å². The maximum atomic E-state index is 13.6. The summed E-state index contributed by atoms with van der Waals surface area (Å²) in [5, 5.41) is 33.5. The van der Waals surface area contributed by atoms with E-state index in [1.807, 2.05) is 41.9 Å². The number of nitrogens with zero attached hydrogens (tertiary/aromatic N) is 5. The number of hydrazone groups is 1. The van der Waals surface area contributed by atoms with Crippen molar-refractivity contribution < 1.29 is 44.0 Å². The van der Waals surface area contributed by atoms with Gasteiger partial charge in [0.05, 0.1) is 43.4 Å². The van der Waals surface area contributed by atoms with Crippen LogP contribution in [0.1, 0.15) is 78.1 Å². The van der Waals surface area contributed by atoms with Crippen LogP contribution in [-0.2, 0) is 27.9 Å². The minimum atomic E-state index is -1.27. The van der Waals surface area contributed by atoms with Crippen LogP contribution in [0.4, 0.5) is 16.3 Å². The molecule has 0 aliphatic carbocycles. The zero-order valence-corrected chi connectivity index (χ0v) is 32.1. The number of carbonyl (C=O) groups is 4. The highest BCUT2D eigenvalue weighted by Crippen LogP contribution is 2.23. The van der Waals surface area contributed by atoms with Crippen molar-refractivity contribution in [3.63, 3.8) is 0 Å². The molecule has 0 fully saturated rings. The van der Waals surface area contributed by atoms with E-state index in [0.717, 1.165) is 60.4 Å². The first-order chi connectivity index (χ1) is 27.5. The molecule has 2 aromatic heterocycles. The summed E-state index contributed by atoms with van der Waals surface area (Å²) in [4.78, 5) is 58.3. The maximum absolute atomic E-state index is 13.6. The normalized spacial score (nSPS) is 10.7. The van der Waals surface area contributed by atoms with Crippen LogP contribution in [0.5, 0.6) is 11.5 Å². The van der Waals surface area contributed by atoms with Crippen LogP contribution in [0.25, 0.3) is 11.0 Å². The van der Waals surface area contributed by atoms with Crippen LogP contribution < -0.4 is 15.6 Å². The van der Waals surface area contributed by atoms with Crippen molar-refractivity contribution in [3.05, 3.63) is 108 Å². The largest absolute Gasteiger partial charge is 0.508 e. The Morgan fingerprint density at radius 3 is 2.40 bits per heavy atom. The second kappa shape index (κ2) is 21.8. The number of amides is 2. The lowest BCUT2D eigenvalue weighted by Crippen LogP contribution is -2.34. The number of phenolic OH excluding ortho intramolecular Hbond substituents is 1. The van der Waals surface area contributed by atoms with Crippen molar-refractivity contribution in [2.45, 2.75) is 52.5 Å². The Morgan fingerprint density at radius 1 is 0.930 bits per heavy atom. The molecule has 0 aliphatic heterocycles. The average molecular weight is 782 g/mol. The van der Waals surface area contributed by atoms with E-state index in [1.54, 1.807) is 49.7 Å². The number of phenols is 2. The monoisotopic (exact) mass is 781 g/mol. The summed E-state index contributed by atoms with van der Waals surface area (Å²) in [6.07, 6.45) is 6.79. The van der Waals surface area contributed by atoms with Gasteiger partial charge in [0.15, 0.2) is 0 Å². The summed E-state index contributed by atoms with van der Waals surface area (Å²) < 4.78 is 12.1. The minimum absolute atomic E-state index is 0.0519. The SMILES string of the molecule is CCCCCCOC(=O)N/N=C/c1ccc(NCc2nc3cc(C(=O)N(CCC(=O)OCC)c4ccccn4)ccc3n2C)cc1.O=C(O)c1cc(O)ccc1O. The molecule has 5 N–H and O–H groups in total. The fraction of sp³-hybridized carbons (Fsp3) is 0.293. The molecule has 16 nitrogen and oxygen atoms in total. The standard InChI is InChI=1S/C34H41N7O5.C7H6O4/c1-4-6-7-10-21-46-34(44)39-37-23-25-12-15-27(16-13-25)36-24-31-38-28-22-26(14-17-29(28)40(31)3)33(43)41(20-18-32(42)45-5-2)30-11-8-9-19-35-30;8-4-1-2-6(9)5(3-4)7(10)11/h8-9,11-17,19,22-23,36H,4-7,10,18,20-21,24H2,1-3H3,(H,39,44);1-3,8-9H,(H,10,11)/b37-23+;. The topological polar surface area (TPSA) is 218 Å². The van der Waals surface area contributed by atoms with Gasteiger partial charge >= 0.3 is 18.0 Å². The average Bonchev–Trinajstić information content (AvgIpc) is 3.53. The van der Waals surface area contributed by atoms with Gasteiger partial charge in [-0.05, 0) is 79.6 Å². The number of aromatic nitrogens is 3. The van der Waals surface area contributed by atoms with Crippen molar-refractivity contribution in [1.29, 1.82) is 0 Å². The van der Waals surface area contributed by atoms with E-state index in [9.17, 15) is 19.2 Å². The van der Waals surface area contributed by atoms with Gasteiger partial charge in [0, 0.05) is 31.0 Å². The second-order valence-corrected chi connectivity index (χ2v) is 12.5. The number of pyridine rings is 1. The number of aryl methyl sites for hydroxylation is 1. The third kappa shape index (κ3) is 13.1. The molecule has 0 saturated carbocycles. The molecule has 2 heterocycles. The van der Waals surface area contributed by atoms with Crippen LogP contribution in [0.2, 0.25) is 0 Å². The zero-order chi connectivity index (χ0) is 41.2. The number of carboxylic acids is 1. The molecule has 2 amide bonds. The van der Waals surface area contributed by atoms with E-state index >= 15 is 0 Å². The highest BCUT2D eigenvalue weighted by molar-refractivity contribution is 6.07. The van der Waals surface area contributed by atoms with Crippen LogP contribution in [-0.4, -0.2) is 79.8 Å². The molecular formula is C41H47N7O9. The molecule has 0 aliphatic rings. The zero-order valence-electron chi connectivity index (χ0n) is 32.1. The number of esters is 1. The fourth-order valence-electron chi connectivity index (χ4n) is 5.42. The lowest BCUT2D eigenvalue weighted by atomic mass is 10.1. The third-order valence-electron chi connectivity index (χ3n) is 8.41. The number of carbonyl (C=O) groups excluding carboxylic acids is 3. The smallest absolute Gasteiger partial charge is 0.427 e. The molecule has 16 heteroatoms. The summed E-state index contributed by atoms with van der Waals surface area (Å²) >= 11 is 0. The van der Waals surface area contributed by atoms with Crippen LogP contribution in [0.3, 0.4) is 0 Å². The third-order valence-corrected chi connectivity index (χ3v) is 8.41. The summed E-state index contributed by atoms with van der Waals surface area (Å²) in [6.45, 7) is 5.13. The summed E-state index contributed by atoms with van der Waals surface area (Å²) in [5.74, 6) is -1.22. The molecule has 0 saturated heterocycles. The number of aromatic carboxylic acids is 1. The summed E-state index contributed by atoms with van der Waals surface area (Å²) in [7, 11) is 1.93. The number of benzene rings is 3. The molecule has 0 spiro atoms. The van der Waals surface area contributed by atoms with Gasteiger partial charge in [0.1, 0.15) is 28.7 Å². The lowest BCUT2D eigenvalue weighted by Gasteiger charge is -2.21. The molecule has 0 atom stereocenters. The number of imidazole rings is 1. The number of hydrogen-bond acceptors (Lipinski definition) is 12. The van der Waals surface area contributed by atoms with Crippen molar-refractivity contribution in [3.8, 4) is 11.5 Å². The van der Waals surface area contributed by atoms with Gasteiger partial charge in [-0.15, -0.1) is 0 Å². The fourth-order valence-corrected chi connectivity index (χ4v) is 5.42. The van der Waals surface area contributed by atoms with Crippen molar-refractivity contribution in [2.24, 2.45) is 12.1 Å². The highest BCUT2D eigenvalue weighted by atomic mass is 16.6. The number of fused-ring (bicyclic) bond motifs is 1. The predicted octanol–water partition coefficient (Wildman–Crippen LogP) is 6.62. The van der Waals surface area contributed by atoms with E-state index in [4.69, 9.17) is 29.8 Å². The van der Waals surface area contributed by atoms with Gasteiger partial charge < -0.3 is 34.7 Å². The number of hydrogen-bond donors (Lipinski definition) is 5. The van der Waals surface area contributed by atoms with Crippen molar-refractivity contribution >= 4 is 52.7 Å². The van der Waals surface area contributed by atoms with E-state index < -0.39 is 12.1 Å². The van der Waals surface area contributed by atoms with Gasteiger partial charge in [-0.2, -0.15) is 5.10 Å². The Balaban J connectivity index is 0.000000563. The van der Waals surface area contributed by atoms with Gasteiger partial charge in [-0.1, -0.05) is 44.4 Å². The van der Waals surface area contributed by atoms with Crippen LogP contribution >= 0.6 is 0 Å². The number of unbranched alkanes of at least 4 members (excludes halogenated alkanes) is 3. The van der Waals surface area contributed by atoms with Gasteiger partial charge in [-0.25, -0.2) is 25.0 Å². The Bertz CT molecular complexity index is 2140. The minimum Gasteiger partial charge on any atom is -0.508 e. The maximum Gasteiger partial charge on any atom is 0.427 e. The molecule has 0 radical (unpaired) electrons. The van der Waals surface area contributed by atoms with Crippen molar-refractivity contribution in [2.75, 3.05) is 30.0 Å². The molecule has 300 valence electrons. The molecule has 5 rings (SSSR count). The van der Waals surface area contributed by atoms with Gasteiger partial charge in [0.25, 0.3) is 5.91 Å². The number of carboxylic acid groups (broad SMARTS) is 1. The van der Waals surface area contributed by atoms with Crippen molar-refractivity contribution in [1.82, 2.24) is 20.0 Å². The lowest BCUT2D eigenvalue weighted by molar-refractivity contribution is -0.142. The Hall–Kier alpha value is -6.97. The molecule has 0 bridgehead atoms. The number of rotatable bonds is 17. The first kappa shape index (κ1) is 42.8. The Labute approximate surface area is 329 Å². The number of ether oxygens (including phenoxy) is 2. The molecule has 57 heavy (non-hydrogen) atoms. The molecule has 0 unspecified atom stereocenters. The van der Waals surface area contributed by atoms with Gasteiger partial charge in [0.2, 0.25) is 0 Å². The molecule has 5 aromatic rings. The van der Waals surface area contributed by atoms with E-state index in [0.29, 0.717) is 30.0 Å². The number of anilines is 2. The van der Waals surface area contributed by atoms with Crippen LogP contribution in [0, 0.1) is 0 Å². The van der Waals surface area contributed by atoms with Gasteiger partial charge in [-0.3, -0.25) is 14.5 Å². The second-order valence-electron chi connectivity index (χ2n) is 12.5. The number of nitrogens with one attached hydrogen (secondary N) is 2. The first-order valence-electron chi connectivity index (χ1n) is 18.4. The molecule has 3 aromatic carbocycles. The van der Waals surface area contributed by atoms with E-state index in [1.165, 1.54) is 11.0 Å². The quantitative estimate of drug-likeness (QED) is 0.0221. The van der Waals surface area contributed by atoms with E-state index in [-0.39, 0.29) is 48.5 Å². The Morgan fingerprint density at radius 2 is 1.72 bits per heavy atom. The molecular weight excluding hydrogens is 734 g/mol.